The summed E-state index contributed by atoms with van der Waals surface area (Å²) in [4.78, 5) is 13.5. The van der Waals surface area contributed by atoms with Gasteiger partial charge in [0.05, 0.1) is 13.2 Å². The summed E-state index contributed by atoms with van der Waals surface area (Å²) in [6.45, 7) is 4.62. The lowest BCUT2D eigenvalue weighted by molar-refractivity contribution is -0.922. The zero-order chi connectivity index (χ0) is 14.2. The minimum atomic E-state index is 0.766. The Morgan fingerprint density at radius 1 is 1.14 bits per heavy atom. The molecule has 0 atom stereocenters. The van der Waals surface area contributed by atoms with Gasteiger partial charge in [-0.25, -0.2) is 4.98 Å². The molecule has 0 saturated carbocycles. The number of nitrogens with zero attached hydrogens (tertiary/aromatic N) is 2. The number of ether oxygens (including phenoxy) is 1. The van der Waals surface area contributed by atoms with Crippen LogP contribution in [0, 0.1) is 0 Å². The molecule has 0 aromatic carbocycles. The predicted molar refractivity (Wildman–Crippen MR) is 84.9 cm³/mol. The quantitative estimate of drug-likeness (QED) is 0.659. The molecule has 1 saturated heterocycles. The highest BCUT2D eigenvalue weighted by Gasteiger charge is 2.20. The Kier molecular flexibility index (Phi) is 3.79. The van der Waals surface area contributed by atoms with E-state index >= 15 is 0 Å². The Labute approximate surface area is 133 Å². The van der Waals surface area contributed by atoms with E-state index in [2.05, 4.69) is 4.98 Å². The topological polar surface area (TPSA) is 39.5 Å². The predicted octanol–water partition coefficient (Wildman–Crippen LogP) is 0.891. The van der Waals surface area contributed by atoms with E-state index in [9.17, 15) is 0 Å². The highest BCUT2D eigenvalue weighted by Crippen LogP contribution is 2.36. The molecule has 1 aliphatic heterocycles. The lowest BCUT2D eigenvalue weighted by Gasteiger charge is -2.23. The summed E-state index contributed by atoms with van der Waals surface area (Å²) >= 11 is 7.41. The van der Waals surface area contributed by atoms with Gasteiger partial charge in [-0.15, -0.1) is 11.3 Å². The Balaban J connectivity index is 1.68. The van der Waals surface area contributed by atoms with Gasteiger partial charge in [0.15, 0.2) is 5.82 Å². The largest absolute Gasteiger partial charge is 0.759 e. The summed E-state index contributed by atoms with van der Waals surface area (Å²) in [5.41, 5.74) is 1.44. The van der Waals surface area contributed by atoms with E-state index in [1.807, 2.05) is 11.3 Å². The Hall–Kier alpha value is -0.820. The number of morpholine rings is 1. The van der Waals surface area contributed by atoms with Crippen LogP contribution >= 0.6 is 11.3 Å². The summed E-state index contributed by atoms with van der Waals surface area (Å²) in [6, 6.07) is 0. The molecule has 4 rings (SSSR count). The first kappa shape index (κ1) is 13.8. The van der Waals surface area contributed by atoms with Crippen molar-refractivity contribution in [2.45, 2.75) is 37.3 Å². The maximum absolute atomic E-state index is 5.57. The van der Waals surface area contributed by atoms with E-state index in [-0.39, 0.29) is 0 Å². The first-order valence-corrected chi connectivity index (χ1v) is 8.93. The molecule has 0 spiro atoms. The van der Waals surface area contributed by atoms with Crippen LogP contribution in [0.4, 0.5) is 0 Å². The molecule has 2 aliphatic rings. The number of thiophene rings is 1. The van der Waals surface area contributed by atoms with Crippen molar-refractivity contribution in [1.82, 2.24) is 9.97 Å². The van der Waals surface area contributed by atoms with Crippen LogP contribution in [0.3, 0.4) is 0 Å². The Morgan fingerprint density at radius 2 is 1.95 bits per heavy atom. The molecular formula is C15H19N3OS2. The maximum Gasteiger partial charge on any atom is 0.183 e. The fraction of sp³-hybridized carbons (Fsp3) is 0.600. The molecular weight excluding hydrogens is 302 g/mol. The van der Waals surface area contributed by atoms with E-state index < -0.39 is 0 Å². The van der Waals surface area contributed by atoms with Crippen LogP contribution in [0.1, 0.15) is 29.1 Å². The van der Waals surface area contributed by atoms with Gasteiger partial charge in [0.25, 0.3) is 0 Å². The Morgan fingerprint density at radius 3 is 2.81 bits per heavy atom. The van der Waals surface area contributed by atoms with Crippen LogP contribution in [0.25, 0.3) is 10.2 Å². The molecule has 1 N–H and O–H groups in total. The van der Waals surface area contributed by atoms with Crippen LogP contribution in [0.2, 0.25) is 0 Å². The number of rotatable bonds is 2. The van der Waals surface area contributed by atoms with Crippen LogP contribution < -0.4 is 4.90 Å². The number of hydrogen-bond acceptors (Lipinski definition) is 5. The monoisotopic (exact) mass is 321 g/mol. The molecule has 0 radical (unpaired) electrons. The number of quaternary nitrogens is 1. The van der Waals surface area contributed by atoms with Gasteiger partial charge in [-0.2, -0.15) is 0 Å². The van der Waals surface area contributed by atoms with Gasteiger partial charge in [-0.1, -0.05) is 5.03 Å². The molecule has 21 heavy (non-hydrogen) atoms. The Bertz CT molecular complexity index is 664. The van der Waals surface area contributed by atoms with Crippen molar-refractivity contribution < 1.29 is 9.64 Å². The standard InChI is InChI=1S/C15H19N3OS2/c20-14-13-10-3-1-2-4-11(10)21-15(13)17-12(16-14)9-18-5-7-19-8-6-18/h1-9H2,(H,16,17,20). The van der Waals surface area contributed by atoms with Crippen molar-refractivity contribution in [3.05, 3.63) is 16.3 Å². The summed E-state index contributed by atoms with van der Waals surface area (Å²) in [5.74, 6) is 0.906. The second-order valence-electron chi connectivity index (χ2n) is 5.88. The minimum absolute atomic E-state index is 0.766. The van der Waals surface area contributed by atoms with Crippen molar-refractivity contribution in [1.29, 1.82) is 0 Å². The summed E-state index contributed by atoms with van der Waals surface area (Å²) in [7, 11) is 0. The lowest BCUT2D eigenvalue weighted by Crippen LogP contribution is -3.12. The summed E-state index contributed by atoms with van der Waals surface area (Å²) in [6.07, 6.45) is 4.91. The molecule has 6 heteroatoms. The van der Waals surface area contributed by atoms with E-state index in [1.165, 1.54) is 40.0 Å². The number of aryl methyl sites for hydroxylation is 2. The van der Waals surface area contributed by atoms with E-state index in [1.54, 1.807) is 0 Å². The third kappa shape index (κ3) is 2.65. The first-order chi connectivity index (χ1) is 10.3. The molecule has 0 amide bonds. The van der Waals surface area contributed by atoms with E-state index in [0.29, 0.717) is 0 Å². The normalized spacial score (nSPS) is 19.8. The smallest absolute Gasteiger partial charge is 0.183 e. The van der Waals surface area contributed by atoms with Crippen LogP contribution in [0.5, 0.6) is 0 Å². The highest BCUT2D eigenvalue weighted by atomic mass is 32.1. The second-order valence-corrected chi connectivity index (χ2v) is 7.35. The van der Waals surface area contributed by atoms with Crippen LogP contribution in [0.15, 0.2) is 5.03 Å². The molecule has 1 aliphatic carbocycles. The van der Waals surface area contributed by atoms with Gasteiger partial charge in [0.1, 0.15) is 24.5 Å². The SMILES string of the molecule is [S-]c1nc(C[NH+]2CCOCC2)nc2sc3c(c12)CCCC3. The van der Waals surface area contributed by atoms with Crippen LogP contribution in [-0.4, -0.2) is 36.3 Å². The summed E-state index contributed by atoms with van der Waals surface area (Å²) < 4.78 is 5.41. The second kappa shape index (κ2) is 5.76. The fourth-order valence-corrected chi connectivity index (χ4v) is 4.98. The number of aromatic nitrogens is 2. The summed E-state index contributed by atoms with van der Waals surface area (Å²) in [5, 5.41) is 1.94. The molecule has 112 valence electrons. The molecule has 4 nitrogen and oxygen atoms in total. The van der Waals surface area contributed by atoms with E-state index in [4.69, 9.17) is 22.3 Å². The average molecular weight is 321 g/mol. The molecule has 0 unspecified atom stereocenters. The van der Waals surface area contributed by atoms with Crippen LogP contribution in [-0.2, 0) is 36.8 Å². The fourth-order valence-electron chi connectivity index (χ4n) is 3.31. The number of nitrogens with one attached hydrogen (secondary N) is 1. The van der Waals surface area contributed by atoms with Crippen molar-refractivity contribution in [3.8, 4) is 0 Å². The van der Waals surface area contributed by atoms with Gasteiger partial charge in [0, 0.05) is 10.3 Å². The molecule has 2 aromatic rings. The molecule has 0 bridgehead atoms. The third-order valence-electron chi connectivity index (χ3n) is 4.44. The average Bonchev–Trinajstić information content (AvgIpc) is 2.87. The van der Waals surface area contributed by atoms with Gasteiger partial charge >= 0.3 is 0 Å². The molecule has 1 fully saturated rings. The molecule has 3 heterocycles. The third-order valence-corrected chi connectivity index (χ3v) is 5.92. The maximum atomic E-state index is 5.57. The molecule has 2 aromatic heterocycles. The van der Waals surface area contributed by atoms with E-state index in [0.717, 1.165) is 54.9 Å². The van der Waals surface area contributed by atoms with Gasteiger partial charge in [-0.05, 0) is 31.2 Å². The first-order valence-electron chi connectivity index (χ1n) is 7.71. The number of fused-ring (bicyclic) bond motifs is 3. The minimum Gasteiger partial charge on any atom is -0.759 e. The zero-order valence-electron chi connectivity index (χ0n) is 12.0. The van der Waals surface area contributed by atoms with Crippen molar-refractivity contribution in [3.63, 3.8) is 0 Å². The van der Waals surface area contributed by atoms with Gasteiger partial charge < -0.3 is 22.3 Å². The van der Waals surface area contributed by atoms with Gasteiger partial charge in [0.2, 0.25) is 0 Å². The van der Waals surface area contributed by atoms with Crippen molar-refractivity contribution in [2.24, 2.45) is 0 Å². The zero-order valence-corrected chi connectivity index (χ0v) is 13.6. The van der Waals surface area contributed by atoms with Gasteiger partial charge in [-0.3, -0.25) is 4.98 Å². The van der Waals surface area contributed by atoms with Crippen molar-refractivity contribution >= 4 is 34.2 Å². The number of hydrogen-bond donors (Lipinski definition) is 1. The highest BCUT2D eigenvalue weighted by molar-refractivity contribution is 7.59. The lowest BCUT2D eigenvalue weighted by atomic mass is 9.97. The van der Waals surface area contributed by atoms with Crippen molar-refractivity contribution in [2.75, 3.05) is 26.3 Å².